The number of amides is 1. The molecule has 0 spiro atoms. The van der Waals surface area contributed by atoms with E-state index in [1.807, 2.05) is 35.8 Å². The van der Waals surface area contributed by atoms with E-state index in [1.165, 1.54) is 11.3 Å². The number of nitrogens with one attached hydrogen (secondary N) is 1. The molecular formula is C23H27N3O5S. The molecule has 2 heterocycles. The number of hydrogen-bond acceptors (Lipinski definition) is 7. The summed E-state index contributed by atoms with van der Waals surface area (Å²) >= 11 is 1.21. The summed E-state index contributed by atoms with van der Waals surface area (Å²) in [6, 6.07) is 9.33. The summed E-state index contributed by atoms with van der Waals surface area (Å²) < 4.78 is 17.3. The molecule has 0 saturated heterocycles. The fourth-order valence-electron chi connectivity index (χ4n) is 3.28. The number of methoxy groups -OCH3 is 2. The van der Waals surface area contributed by atoms with Crippen LogP contribution in [0.25, 0.3) is 17.1 Å². The first-order chi connectivity index (χ1) is 15.5. The van der Waals surface area contributed by atoms with Crippen LogP contribution in [-0.2, 0) is 9.47 Å². The summed E-state index contributed by atoms with van der Waals surface area (Å²) in [5.41, 5.74) is 3.46. The van der Waals surface area contributed by atoms with Gasteiger partial charge in [0.15, 0.2) is 0 Å². The fraction of sp³-hybridized carbons (Fsp3) is 0.348. The number of ether oxygens (including phenoxy) is 3. The van der Waals surface area contributed by atoms with E-state index in [1.54, 1.807) is 32.6 Å². The van der Waals surface area contributed by atoms with E-state index in [0.29, 0.717) is 30.1 Å². The zero-order valence-electron chi connectivity index (χ0n) is 18.6. The van der Waals surface area contributed by atoms with Crippen LogP contribution < -0.4 is 10.1 Å². The first-order valence-corrected chi connectivity index (χ1v) is 11.1. The van der Waals surface area contributed by atoms with Gasteiger partial charge in [-0.1, -0.05) is 0 Å². The number of carbonyl (C=O) groups is 2. The highest BCUT2D eigenvalue weighted by molar-refractivity contribution is 7.11. The molecule has 1 aromatic carbocycles. The Bertz CT molecular complexity index is 1070. The Morgan fingerprint density at radius 1 is 1.19 bits per heavy atom. The molecule has 0 aliphatic carbocycles. The maximum Gasteiger partial charge on any atom is 0.367 e. The maximum atomic E-state index is 12.9. The van der Waals surface area contributed by atoms with E-state index in [-0.39, 0.29) is 17.5 Å². The predicted octanol–water partition coefficient (Wildman–Crippen LogP) is 3.86. The van der Waals surface area contributed by atoms with Crippen LogP contribution in [0.4, 0.5) is 0 Å². The molecule has 1 N–H and O–H groups in total. The molecule has 0 bridgehead atoms. The van der Waals surface area contributed by atoms with Gasteiger partial charge < -0.3 is 24.1 Å². The Morgan fingerprint density at radius 3 is 2.59 bits per heavy atom. The molecule has 1 amide bonds. The molecule has 2 aromatic heterocycles. The minimum atomic E-state index is -0.459. The molecule has 3 aromatic rings. The van der Waals surface area contributed by atoms with Gasteiger partial charge in [-0.3, -0.25) is 4.79 Å². The van der Waals surface area contributed by atoms with Crippen molar-refractivity contribution < 1.29 is 23.8 Å². The van der Waals surface area contributed by atoms with Crippen molar-refractivity contribution in [1.82, 2.24) is 14.9 Å². The molecule has 8 nitrogen and oxygen atoms in total. The van der Waals surface area contributed by atoms with Crippen LogP contribution in [-0.4, -0.2) is 55.4 Å². The van der Waals surface area contributed by atoms with Crippen molar-refractivity contribution in [3.05, 3.63) is 52.0 Å². The largest absolute Gasteiger partial charge is 0.497 e. The summed E-state index contributed by atoms with van der Waals surface area (Å²) in [4.78, 5) is 29.4. The lowest BCUT2D eigenvalue weighted by Crippen LogP contribution is -2.25. The minimum absolute atomic E-state index is 0.173. The Balaban J connectivity index is 2.02. The van der Waals surface area contributed by atoms with Crippen molar-refractivity contribution in [2.24, 2.45) is 0 Å². The van der Waals surface area contributed by atoms with Gasteiger partial charge in [-0.2, -0.15) is 0 Å². The van der Waals surface area contributed by atoms with E-state index in [0.717, 1.165) is 23.6 Å². The molecule has 170 valence electrons. The highest BCUT2D eigenvalue weighted by atomic mass is 32.1. The summed E-state index contributed by atoms with van der Waals surface area (Å²) in [7, 11) is 3.24. The number of aromatic nitrogens is 2. The van der Waals surface area contributed by atoms with Crippen LogP contribution in [0.5, 0.6) is 5.75 Å². The van der Waals surface area contributed by atoms with Gasteiger partial charge in [-0.25, -0.2) is 9.78 Å². The zero-order chi connectivity index (χ0) is 23.1. The topological polar surface area (TPSA) is 91.7 Å². The monoisotopic (exact) mass is 457 g/mol. The first-order valence-electron chi connectivity index (χ1n) is 10.3. The van der Waals surface area contributed by atoms with Gasteiger partial charge in [-0.15, -0.1) is 11.3 Å². The number of rotatable bonds is 10. The first kappa shape index (κ1) is 23.5. The quantitative estimate of drug-likeness (QED) is 0.367. The second kappa shape index (κ2) is 10.9. The summed E-state index contributed by atoms with van der Waals surface area (Å²) in [5, 5.41) is 5.00. The van der Waals surface area contributed by atoms with Gasteiger partial charge in [0.25, 0.3) is 5.91 Å². The molecule has 0 unspecified atom stereocenters. The van der Waals surface area contributed by atoms with Crippen LogP contribution >= 0.6 is 11.3 Å². The second-order valence-corrected chi connectivity index (χ2v) is 7.78. The van der Waals surface area contributed by atoms with Gasteiger partial charge in [0.05, 0.1) is 30.7 Å². The number of benzene rings is 1. The number of carbonyl (C=O) groups excluding carboxylic acids is 2. The second-order valence-electron chi connectivity index (χ2n) is 6.92. The van der Waals surface area contributed by atoms with E-state index in [2.05, 4.69) is 10.3 Å². The fourth-order valence-corrected chi connectivity index (χ4v) is 3.98. The van der Waals surface area contributed by atoms with Gasteiger partial charge in [-0.05, 0) is 50.6 Å². The lowest BCUT2D eigenvalue weighted by Gasteiger charge is -2.12. The van der Waals surface area contributed by atoms with Crippen molar-refractivity contribution in [2.75, 3.05) is 34.0 Å². The number of esters is 1. The van der Waals surface area contributed by atoms with Gasteiger partial charge in [0.1, 0.15) is 5.75 Å². The lowest BCUT2D eigenvalue weighted by molar-refractivity contribution is 0.0526. The SMILES string of the molecule is CCOC(=O)c1nc(-c2cc(C(=O)NCCCOC)c(C)n2-c2ccc(OC)cc2)cs1. The molecule has 32 heavy (non-hydrogen) atoms. The van der Waals surface area contributed by atoms with Crippen LogP contribution in [0.15, 0.2) is 35.7 Å². The Morgan fingerprint density at radius 2 is 1.94 bits per heavy atom. The normalized spacial score (nSPS) is 10.8. The van der Waals surface area contributed by atoms with Crippen LogP contribution in [0.2, 0.25) is 0 Å². The third-order valence-corrected chi connectivity index (χ3v) is 5.67. The molecular weight excluding hydrogens is 430 g/mol. The standard InChI is InChI=1S/C23H27N3O5S/c1-5-31-23(28)22-25-19(14-32-22)20-13-18(21(27)24-11-6-12-29-3)15(2)26(20)16-7-9-17(30-4)10-8-16/h7-10,13-14H,5-6,11-12H2,1-4H3,(H,24,27). The molecule has 3 rings (SSSR count). The van der Waals surface area contributed by atoms with Crippen molar-refractivity contribution >= 4 is 23.2 Å². The minimum Gasteiger partial charge on any atom is -0.497 e. The molecule has 0 radical (unpaired) electrons. The highest BCUT2D eigenvalue weighted by Gasteiger charge is 2.22. The molecule has 0 fully saturated rings. The van der Waals surface area contributed by atoms with Crippen molar-refractivity contribution in [3.63, 3.8) is 0 Å². The van der Waals surface area contributed by atoms with Crippen LogP contribution in [0, 0.1) is 6.92 Å². The summed E-state index contributed by atoms with van der Waals surface area (Å²) in [6.45, 7) is 5.01. The molecule has 0 aliphatic heterocycles. The van der Waals surface area contributed by atoms with E-state index in [4.69, 9.17) is 14.2 Å². The van der Waals surface area contributed by atoms with Gasteiger partial charge in [0.2, 0.25) is 5.01 Å². The molecule has 9 heteroatoms. The van der Waals surface area contributed by atoms with Crippen LogP contribution in [0.1, 0.15) is 39.2 Å². The van der Waals surface area contributed by atoms with E-state index < -0.39 is 5.97 Å². The molecule has 0 atom stereocenters. The Hall–Kier alpha value is -3.17. The predicted molar refractivity (Wildman–Crippen MR) is 123 cm³/mol. The average molecular weight is 458 g/mol. The third kappa shape index (κ3) is 5.17. The molecule has 0 aliphatic rings. The number of hydrogen-bond donors (Lipinski definition) is 1. The average Bonchev–Trinajstić information content (AvgIpc) is 3.42. The van der Waals surface area contributed by atoms with Crippen LogP contribution in [0.3, 0.4) is 0 Å². The van der Waals surface area contributed by atoms with Crippen molar-refractivity contribution in [2.45, 2.75) is 20.3 Å². The zero-order valence-corrected chi connectivity index (χ0v) is 19.5. The maximum absolute atomic E-state index is 12.9. The van der Waals surface area contributed by atoms with E-state index >= 15 is 0 Å². The van der Waals surface area contributed by atoms with Gasteiger partial charge in [0, 0.05) is 37.0 Å². The Labute approximate surface area is 191 Å². The lowest BCUT2D eigenvalue weighted by atomic mass is 10.2. The molecule has 0 saturated carbocycles. The number of thiazole rings is 1. The van der Waals surface area contributed by atoms with Crippen molar-refractivity contribution in [1.29, 1.82) is 0 Å². The summed E-state index contributed by atoms with van der Waals surface area (Å²) in [6.07, 6.45) is 0.725. The number of nitrogens with zero attached hydrogens (tertiary/aromatic N) is 2. The summed E-state index contributed by atoms with van der Waals surface area (Å²) in [5.74, 6) is 0.0987. The smallest absolute Gasteiger partial charge is 0.367 e. The van der Waals surface area contributed by atoms with Gasteiger partial charge >= 0.3 is 5.97 Å². The Kier molecular flexibility index (Phi) is 8.02. The third-order valence-electron chi connectivity index (χ3n) is 4.85. The highest BCUT2D eigenvalue weighted by Crippen LogP contribution is 2.31. The van der Waals surface area contributed by atoms with E-state index in [9.17, 15) is 9.59 Å². The van der Waals surface area contributed by atoms with Crippen molar-refractivity contribution in [3.8, 4) is 22.8 Å².